The molecule has 15 heavy (non-hydrogen) atoms. The summed E-state index contributed by atoms with van der Waals surface area (Å²) >= 11 is 0. The molecule has 0 amide bonds. The first kappa shape index (κ1) is 10.6. The van der Waals surface area contributed by atoms with E-state index in [4.69, 9.17) is 5.73 Å². The number of imidazole rings is 1. The molecule has 2 heterocycles. The molecule has 2 N–H and O–H groups in total. The Morgan fingerprint density at radius 3 is 3.00 bits per heavy atom. The van der Waals surface area contributed by atoms with Gasteiger partial charge in [0, 0.05) is 32.0 Å². The maximum Gasteiger partial charge on any atom is 0.122 e. The Bertz CT molecular complexity index is 318. The van der Waals surface area contributed by atoms with E-state index < -0.39 is 0 Å². The summed E-state index contributed by atoms with van der Waals surface area (Å²) in [6.07, 6.45) is 5.07. The predicted octanol–water partition coefficient (Wildman–Crippen LogP) is 0.589. The number of aromatic nitrogens is 2. The number of nitrogens with two attached hydrogens (primary N) is 1. The number of rotatable bonds is 3. The van der Waals surface area contributed by atoms with Crippen LogP contribution in [0.2, 0.25) is 0 Å². The second-order valence-electron chi connectivity index (χ2n) is 4.60. The monoisotopic (exact) mass is 208 g/mol. The fourth-order valence-corrected chi connectivity index (χ4v) is 2.18. The predicted molar refractivity (Wildman–Crippen MR) is 60.2 cm³/mol. The molecule has 2 atom stereocenters. The van der Waals surface area contributed by atoms with E-state index in [2.05, 4.69) is 21.4 Å². The highest BCUT2D eigenvalue weighted by Gasteiger charge is 2.25. The van der Waals surface area contributed by atoms with Crippen molar-refractivity contribution in [2.75, 3.05) is 13.1 Å². The second-order valence-corrected chi connectivity index (χ2v) is 4.60. The molecule has 1 saturated heterocycles. The van der Waals surface area contributed by atoms with Gasteiger partial charge in [0.25, 0.3) is 0 Å². The van der Waals surface area contributed by atoms with E-state index in [0.717, 1.165) is 25.5 Å². The van der Waals surface area contributed by atoms with Crippen LogP contribution in [0.5, 0.6) is 0 Å². The van der Waals surface area contributed by atoms with Gasteiger partial charge >= 0.3 is 0 Å². The second kappa shape index (κ2) is 4.33. The van der Waals surface area contributed by atoms with Gasteiger partial charge in [-0.3, -0.25) is 4.90 Å². The Morgan fingerprint density at radius 1 is 1.67 bits per heavy atom. The summed E-state index contributed by atoms with van der Waals surface area (Å²) in [7, 11) is 2.04. The van der Waals surface area contributed by atoms with Crippen LogP contribution >= 0.6 is 0 Å². The van der Waals surface area contributed by atoms with Gasteiger partial charge in [-0.2, -0.15) is 0 Å². The van der Waals surface area contributed by atoms with Gasteiger partial charge in [0.15, 0.2) is 0 Å². The number of nitrogens with zero attached hydrogens (tertiary/aromatic N) is 3. The summed E-state index contributed by atoms with van der Waals surface area (Å²) in [6, 6.07) is 0.316. The van der Waals surface area contributed by atoms with Crippen molar-refractivity contribution in [2.24, 2.45) is 18.7 Å². The summed E-state index contributed by atoms with van der Waals surface area (Å²) in [5.74, 6) is 1.80. The first-order valence-corrected chi connectivity index (χ1v) is 5.61. The Balaban J connectivity index is 1.90. The first-order chi connectivity index (χ1) is 7.16. The minimum Gasteiger partial charge on any atom is -0.337 e. The largest absolute Gasteiger partial charge is 0.337 e. The van der Waals surface area contributed by atoms with E-state index in [9.17, 15) is 0 Å². The van der Waals surface area contributed by atoms with Crippen LogP contribution in [0.1, 0.15) is 19.2 Å². The van der Waals surface area contributed by atoms with Gasteiger partial charge in [-0.05, 0) is 25.8 Å². The summed E-state index contributed by atoms with van der Waals surface area (Å²) in [5.41, 5.74) is 5.92. The van der Waals surface area contributed by atoms with Crippen molar-refractivity contribution in [3.05, 3.63) is 18.2 Å². The molecule has 0 spiro atoms. The number of hydrogen-bond acceptors (Lipinski definition) is 3. The van der Waals surface area contributed by atoms with Gasteiger partial charge in [0.2, 0.25) is 0 Å². The summed E-state index contributed by atoms with van der Waals surface area (Å²) in [5, 5.41) is 0. The SMILES string of the molecule is CC(N)C1CCN(Cc2nccn2C)C1. The molecule has 4 heteroatoms. The van der Waals surface area contributed by atoms with Crippen LogP contribution in [-0.4, -0.2) is 33.6 Å². The quantitative estimate of drug-likeness (QED) is 0.791. The molecule has 0 aromatic carbocycles. The maximum absolute atomic E-state index is 5.92. The third-order valence-corrected chi connectivity index (χ3v) is 3.34. The van der Waals surface area contributed by atoms with E-state index in [-0.39, 0.29) is 0 Å². The van der Waals surface area contributed by atoms with Gasteiger partial charge in [-0.25, -0.2) is 4.98 Å². The molecule has 1 fully saturated rings. The third-order valence-electron chi connectivity index (χ3n) is 3.34. The van der Waals surface area contributed by atoms with Gasteiger partial charge in [-0.1, -0.05) is 0 Å². The lowest BCUT2D eigenvalue weighted by Crippen LogP contribution is -2.30. The van der Waals surface area contributed by atoms with Crippen LogP contribution in [0, 0.1) is 5.92 Å². The van der Waals surface area contributed by atoms with E-state index in [1.165, 1.54) is 6.42 Å². The lowest BCUT2D eigenvalue weighted by molar-refractivity contribution is 0.298. The van der Waals surface area contributed by atoms with Crippen LogP contribution in [0.15, 0.2) is 12.4 Å². The zero-order valence-corrected chi connectivity index (χ0v) is 9.56. The normalized spacial score (nSPS) is 24.6. The molecule has 0 radical (unpaired) electrons. The average Bonchev–Trinajstić information content (AvgIpc) is 2.77. The highest BCUT2D eigenvalue weighted by Crippen LogP contribution is 2.19. The minimum atomic E-state index is 0.316. The number of likely N-dealkylation sites (tertiary alicyclic amines) is 1. The van der Waals surface area contributed by atoms with Gasteiger partial charge in [0.05, 0.1) is 6.54 Å². The lowest BCUT2D eigenvalue weighted by Gasteiger charge is -2.17. The molecular weight excluding hydrogens is 188 g/mol. The van der Waals surface area contributed by atoms with E-state index in [1.54, 1.807) is 0 Å². The molecule has 4 nitrogen and oxygen atoms in total. The lowest BCUT2D eigenvalue weighted by atomic mass is 10.0. The van der Waals surface area contributed by atoms with Crippen molar-refractivity contribution in [2.45, 2.75) is 25.9 Å². The smallest absolute Gasteiger partial charge is 0.122 e. The summed E-state index contributed by atoms with van der Waals surface area (Å²) in [6.45, 7) is 5.32. The van der Waals surface area contributed by atoms with Crippen LogP contribution in [0.3, 0.4) is 0 Å². The van der Waals surface area contributed by atoms with E-state index in [1.807, 2.05) is 19.4 Å². The van der Waals surface area contributed by atoms with Gasteiger partial charge in [-0.15, -0.1) is 0 Å². The number of hydrogen-bond donors (Lipinski definition) is 1. The molecule has 1 aromatic rings. The molecule has 2 unspecified atom stereocenters. The van der Waals surface area contributed by atoms with Gasteiger partial charge < -0.3 is 10.3 Å². The fourth-order valence-electron chi connectivity index (χ4n) is 2.18. The van der Waals surface area contributed by atoms with Crippen LogP contribution < -0.4 is 5.73 Å². The third kappa shape index (κ3) is 2.38. The fraction of sp³-hybridized carbons (Fsp3) is 0.727. The molecule has 0 bridgehead atoms. The van der Waals surface area contributed by atoms with Crippen molar-refractivity contribution >= 4 is 0 Å². The topological polar surface area (TPSA) is 47.1 Å². The average molecular weight is 208 g/mol. The highest BCUT2D eigenvalue weighted by atomic mass is 15.2. The highest BCUT2D eigenvalue weighted by molar-refractivity contribution is 4.93. The van der Waals surface area contributed by atoms with E-state index in [0.29, 0.717) is 12.0 Å². The molecule has 1 aliphatic rings. The molecule has 1 aromatic heterocycles. The molecule has 0 saturated carbocycles. The zero-order chi connectivity index (χ0) is 10.8. The minimum absolute atomic E-state index is 0.316. The summed E-state index contributed by atoms with van der Waals surface area (Å²) < 4.78 is 2.08. The Labute approximate surface area is 91.1 Å². The Kier molecular flexibility index (Phi) is 3.07. The molecule has 0 aliphatic carbocycles. The molecule has 84 valence electrons. The Hall–Kier alpha value is -0.870. The van der Waals surface area contributed by atoms with Gasteiger partial charge in [0.1, 0.15) is 5.82 Å². The maximum atomic E-state index is 5.92. The van der Waals surface area contributed by atoms with Crippen molar-refractivity contribution < 1.29 is 0 Å². The van der Waals surface area contributed by atoms with Crippen molar-refractivity contribution in [3.63, 3.8) is 0 Å². The standard InChI is InChI=1S/C11H20N4/c1-9(12)10-3-5-15(7-10)8-11-13-4-6-14(11)2/h4,6,9-10H,3,5,7-8,12H2,1-2H3. The van der Waals surface area contributed by atoms with Crippen molar-refractivity contribution in [1.82, 2.24) is 14.5 Å². The zero-order valence-electron chi connectivity index (χ0n) is 9.56. The van der Waals surface area contributed by atoms with E-state index >= 15 is 0 Å². The van der Waals surface area contributed by atoms with Crippen molar-refractivity contribution in [3.8, 4) is 0 Å². The molecule has 1 aliphatic heterocycles. The van der Waals surface area contributed by atoms with Crippen LogP contribution in [0.4, 0.5) is 0 Å². The molecular formula is C11H20N4. The van der Waals surface area contributed by atoms with Crippen LogP contribution in [0.25, 0.3) is 0 Å². The first-order valence-electron chi connectivity index (χ1n) is 5.61. The summed E-state index contributed by atoms with van der Waals surface area (Å²) in [4.78, 5) is 6.78. The molecule has 2 rings (SSSR count). The Morgan fingerprint density at radius 2 is 2.47 bits per heavy atom. The van der Waals surface area contributed by atoms with Crippen LogP contribution in [-0.2, 0) is 13.6 Å². The number of aryl methyl sites for hydroxylation is 1. The van der Waals surface area contributed by atoms with Crippen molar-refractivity contribution in [1.29, 1.82) is 0 Å².